The summed E-state index contributed by atoms with van der Waals surface area (Å²) < 4.78 is 0. The Kier molecular flexibility index (Phi) is 4.12. The van der Waals surface area contributed by atoms with Gasteiger partial charge in [-0.3, -0.25) is 4.79 Å². The van der Waals surface area contributed by atoms with Crippen molar-refractivity contribution in [1.29, 1.82) is 0 Å². The molecule has 3 heteroatoms. The van der Waals surface area contributed by atoms with Crippen molar-refractivity contribution >= 4 is 5.91 Å². The molecule has 5 aliphatic rings. The molecular weight excluding hydrogens is 344 g/mol. The van der Waals surface area contributed by atoms with Crippen LogP contribution >= 0.6 is 0 Å². The van der Waals surface area contributed by atoms with Crippen molar-refractivity contribution in [3.05, 3.63) is 35.4 Å². The van der Waals surface area contributed by atoms with Gasteiger partial charge in [-0.25, -0.2) is 0 Å². The molecule has 152 valence electrons. The number of rotatable bonds is 2. The third kappa shape index (κ3) is 2.61. The van der Waals surface area contributed by atoms with Crippen LogP contribution in [0.1, 0.15) is 82.8 Å². The lowest BCUT2D eigenvalue weighted by Gasteiger charge is -2.50. The third-order valence-corrected chi connectivity index (χ3v) is 9.20. The molecule has 4 fully saturated rings. The molecule has 2 heterocycles. The highest BCUT2D eigenvalue weighted by Gasteiger charge is 2.47. The monoisotopic (exact) mass is 380 g/mol. The van der Waals surface area contributed by atoms with Gasteiger partial charge < -0.3 is 9.80 Å². The van der Waals surface area contributed by atoms with Gasteiger partial charge in [-0.2, -0.15) is 0 Å². The number of likely N-dealkylation sites (tertiary alicyclic amines) is 2. The Morgan fingerprint density at radius 3 is 2.54 bits per heavy atom. The van der Waals surface area contributed by atoms with Gasteiger partial charge in [-0.15, -0.1) is 0 Å². The van der Waals surface area contributed by atoms with Crippen molar-refractivity contribution < 1.29 is 6.22 Å². The lowest BCUT2D eigenvalue weighted by atomic mass is 9.63. The van der Waals surface area contributed by atoms with Crippen LogP contribution in [0.2, 0.25) is 0 Å². The maximum atomic E-state index is 12.4. The Balaban J connectivity index is 0.00000181. The maximum Gasteiger partial charge on any atom is 0.223 e. The molecule has 0 N–H and O–H groups in total. The average Bonchev–Trinajstić information content (AvgIpc) is 3.47. The van der Waals surface area contributed by atoms with Gasteiger partial charge in [0, 0.05) is 20.4 Å². The molecule has 2 bridgehead atoms. The number of hydrogen-bond donors (Lipinski definition) is 0. The number of nitrogens with zero attached hydrogens (tertiary/aromatic N) is 2. The Labute approximate surface area is 171 Å². The van der Waals surface area contributed by atoms with Crippen LogP contribution in [-0.2, 0) is 10.2 Å². The zero-order chi connectivity index (χ0) is 18.7. The molecule has 1 amide bonds. The summed E-state index contributed by atoms with van der Waals surface area (Å²) in [6, 6.07) is 10.4. The highest BCUT2D eigenvalue weighted by atomic mass is 16.2. The molecule has 1 aromatic rings. The summed E-state index contributed by atoms with van der Waals surface area (Å²) in [5, 5.41) is 0. The standard InChI is InChI=1S/C25H34N2O.H2/c28-24-6-3-13-27(24)22-9-10-25(21-5-2-1-4-20(21)22)11-14-26(15-12-25)23-17-18-7-8-19(23)16-18;/h1-2,4-5,18-19,22-23H,3,6-17H2;1H/t18?,19-,22-,23+;/m0./s1. The lowest BCUT2D eigenvalue weighted by molar-refractivity contribution is -0.130. The fourth-order valence-corrected chi connectivity index (χ4v) is 7.76. The van der Waals surface area contributed by atoms with E-state index in [1.165, 1.54) is 63.6 Å². The van der Waals surface area contributed by atoms with E-state index in [0.29, 0.717) is 17.4 Å². The van der Waals surface area contributed by atoms with Crippen molar-refractivity contribution in [2.75, 3.05) is 19.6 Å². The van der Waals surface area contributed by atoms with E-state index in [2.05, 4.69) is 34.1 Å². The number of amides is 1. The zero-order valence-electron chi connectivity index (χ0n) is 17.1. The second-order valence-electron chi connectivity index (χ2n) is 10.4. The highest BCUT2D eigenvalue weighted by Crippen LogP contribution is 2.52. The Morgan fingerprint density at radius 2 is 1.82 bits per heavy atom. The van der Waals surface area contributed by atoms with E-state index in [-0.39, 0.29) is 1.43 Å². The van der Waals surface area contributed by atoms with E-state index < -0.39 is 0 Å². The zero-order valence-corrected chi connectivity index (χ0v) is 17.1. The molecule has 4 atom stereocenters. The predicted molar refractivity (Wildman–Crippen MR) is 113 cm³/mol. The number of carbonyl (C=O) groups excluding carboxylic acids is 1. The summed E-state index contributed by atoms with van der Waals surface area (Å²) >= 11 is 0. The molecule has 2 saturated carbocycles. The van der Waals surface area contributed by atoms with Crippen LogP contribution in [0.5, 0.6) is 0 Å². The van der Waals surface area contributed by atoms with Gasteiger partial charge in [0.25, 0.3) is 0 Å². The van der Waals surface area contributed by atoms with E-state index in [1.807, 2.05) is 0 Å². The molecule has 0 aromatic heterocycles. The molecular formula is C25H36N2O. The number of benzene rings is 1. The van der Waals surface area contributed by atoms with Crippen LogP contribution in [0.4, 0.5) is 0 Å². The van der Waals surface area contributed by atoms with E-state index in [0.717, 1.165) is 43.7 Å². The van der Waals surface area contributed by atoms with Crippen LogP contribution in [0.3, 0.4) is 0 Å². The van der Waals surface area contributed by atoms with Gasteiger partial charge >= 0.3 is 0 Å². The molecule has 1 unspecified atom stereocenters. The molecule has 3 aliphatic carbocycles. The summed E-state index contributed by atoms with van der Waals surface area (Å²) in [6.07, 6.45) is 12.9. The van der Waals surface area contributed by atoms with Crippen molar-refractivity contribution in [3.8, 4) is 0 Å². The predicted octanol–water partition coefficient (Wildman–Crippen LogP) is 4.91. The molecule has 3 nitrogen and oxygen atoms in total. The van der Waals surface area contributed by atoms with Gasteiger partial charge in [-0.1, -0.05) is 30.7 Å². The van der Waals surface area contributed by atoms with Crippen LogP contribution in [0, 0.1) is 11.8 Å². The molecule has 1 spiro atoms. The average molecular weight is 381 g/mol. The first-order valence-corrected chi connectivity index (χ1v) is 11.9. The van der Waals surface area contributed by atoms with Gasteiger partial charge in [0.2, 0.25) is 5.91 Å². The smallest absolute Gasteiger partial charge is 0.223 e. The fourth-order valence-electron chi connectivity index (χ4n) is 7.76. The van der Waals surface area contributed by atoms with Gasteiger partial charge in [0.05, 0.1) is 6.04 Å². The first-order valence-electron chi connectivity index (χ1n) is 11.9. The topological polar surface area (TPSA) is 23.6 Å². The van der Waals surface area contributed by atoms with Crippen molar-refractivity contribution in [2.45, 2.75) is 81.7 Å². The van der Waals surface area contributed by atoms with Crippen molar-refractivity contribution in [2.24, 2.45) is 11.8 Å². The normalized spacial score (nSPS) is 37.0. The Morgan fingerprint density at radius 1 is 0.964 bits per heavy atom. The minimum absolute atomic E-state index is 0. The molecule has 6 rings (SSSR count). The third-order valence-electron chi connectivity index (χ3n) is 9.20. The van der Waals surface area contributed by atoms with E-state index in [9.17, 15) is 4.79 Å². The first-order chi connectivity index (χ1) is 13.7. The van der Waals surface area contributed by atoms with Gasteiger partial charge in [-0.05, 0) is 92.8 Å². The van der Waals surface area contributed by atoms with Crippen LogP contribution < -0.4 is 0 Å². The van der Waals surface area contributed by atoms with E-state index in [4.69, 9.17) is 0 Å². The molecule has 2 saturated heterocycles. The van der Waals surface area contributed by atoms with Crippen LogP contribution in [0.25, 0.3) is 0 Å². The molecule has 0 radical (unpaired) electrons. The Bertz CT molecular complexity index is 772. The SMILES string of the molecule is O=C1CCCN1[C@H]1CCC2(CCN([C@@H]3CC4CC[C@H]3C4)CC2)c2ccccc21.[HH]. The minimum atomic E-state index is 0. The van der Waals surface area contributed by atoms with Crippen LogP contribution in [-0.4, -0.2) is 41.4 Å². The Hall–Kier alpha value is -1.35. The molecule has 1 aromatic carbocycles. The highest BCUT2D eigenvalue weighted by molar-refractivity contribution is 5.78. The van der Waals surface area contributed by atoms with Crippen molar-refractivity contribution in [1.82, 2.24) is 9.80 Å². The van der Waals surface area contributed by atoms with Gasteiger partial charge in [0.1, 0.15) is 0 Å². The lowest BCUT2D eigenvalue weighted by Crippen LogP contribution is -2.50. The fraction of sp³-hybridized carbons (Fsp3) is 0.720. The largest absolute Gasteiger partial charge is 0.336 e. The number of piperidine rings is 1. The quantitative estimate of drug-likeness (QED) is 0.728. The second kappa shape index (κ2) is 6.58. The summed E-state index contributed by atoms with van der Waals surface area (Å²) in [6.45, 7) is 3.54. The van der Waals surface area contributed by atoms with Gasteiger partial charge in [0.15, 0.2) is 0 Å². The van der Waals surface area contributed by atoms with Crippen molar-refractivity contribution in [3.63, 3.8) is 0 Å². The van der Waals surface area contributed by atoms with Crippen LogP contribution in [0.15, 0.2) is 24.3 Å². The number of hydrogen-bond acceptors (Lipinski definition) is 2. The summed E-state index contributed by atoms with van der Waals surface area (Å²) in [7, 11) is 0. The number of fused-ring (bicyclic) bond motifs is 4. The maximum absolute atomic E-state index is 12.4. The summed E-state index contributed by atoms with van der Waals surface area (Å²) in [5.74, 6) is 2.42. The summed E-state index contributed by atoms with van der Waals surface area (Å²) in [5.41, 5.74) is 3.42. The first kappa shape index (κ1) is 17.5. The number of carbonyl (C=O) groups is 1. The van der Waals surface area contributed by atoms with E-state index >= 15 is 0 Å². The van der Waals surface area contributed by atoms with E-state index in [1.54, 1.807) is 5.56 Å². The summed E-state index contributed by atoms with van der Waals surface area (Å²) in [4.78, 5) is 17.5. The second-order valence-corrected chi connectivity index (χ2v) is 10.4. The molecule has 28 heavy (non-hydrogen) atoms. The minimum Gasteiger partial charge on any atom is -0.336 e. The molecule has 2 aliphatic heterocycles.